The Morgan fingerprint density at radius 2 is 1.79 bits per heavy atom. The normalized spacial score (nSPS) is 11.9. The van der Waals surface area contributed by atoms with Gasteiger partial charge in [-0.05, 0) is 12.0 Å². The monoisotopic (exact) mass is 264 g/mol. The molecule has 19 heavy (non-hydrogen) atoms. The van der Waals surface area contributed by atoms with E-state index >= 15 is 0 Å². The van der Waals surface area contributed by atoms with Crippen LogP contribution in [0, 0.1) is 0 Å². The van der Waals surface area contributed by atoms with E-state index in [1.54, 1.807) is 0 Å². The van der Waals surface area contributed by atoms with Gasteiger partial charge >= 0.3 is 5.97 Å². The molecule has 4 nitrogen and oxygen atoms in total. The van der Waals surface area contributed by atoms with E-state index in [9.17, 15) is 9.59 Å². The van der Waals surface area contributed by atoms with Gasteiger partial charge in [0, 0.05) is 20.0 Å². The molecule has 1 aromatic rings. The third-order valence-corrected chi connectivity index (χ3v) is 2.95. The summed E-state index contributed by atoms with van der Waals surface area (Å²) in [5, 5.41) is 0. The molecule has 1 aromatic carbocycles. The van der Waals surface area contributed by atoms with Crippen LogP contribution in [0.4, 0.5) is 0 Å². The molecular weight excluding hydrogens is 244 g/mol. The van der Waals surface area contributed by atoms with Gasteiger partial charge in [0.25, 0.3) is 0 Å². The van der Waals surface area contributed by atoms with Crippen LogP contribution in [0.2, 0.25) is 0 Å². The average molecular weight is 264 g/mol. The lowest BCUT2D eigenvalue weighted by Crippen LogP contribution is -2.21. The van der Waals surface area contributed by atoms with Gasteiger partial charge in [-0.1, -0.05) is 30.3 Å². The van der Waals surface area contributed by atoms with E-state index in [-0.39, 0.29) is 24.6 Å². The molecule has 0 N–H and O–H groups in total. The predicted molar refractivity (Wildman–Crippen MR) is 71.8 cm³/mol. The molecule has 0 heterocycles. The van der Waals surface area contributed by atoms with Crippen LogP contribution < -0.4 is 0 Å². The molecule has 0 amide bonds. The van der Waals surface area contributed by atoms with Crippen LogP contribution in [-0.4, -0.2) is 32.1 Å². The van der Waals surface area contributed by atoms with Crippen LogP contribution in [0.25, 0.3) is 0 Å². The van der Waals surface area contributed by atoms with Crippen LogP contribution >= 0.6 is 0 Å². The second-order valence-electron chi connectivity index (χ2n) is 4.37. The SMILES string of the molecule is COC(=O)CC(CC(=O)CCc1ccccc1)OC. The molecule has 0 spiro atoms. The Hall–Kier alpha value is -1.68. The summed E-state index contributed by atoms with van der Waals surface area (Å²) in [5.41, 5.74) is 1.14. The summed E-state index contributed by atoms with van der Waals surface area (Å²) >= 11 is 0. The highest BCUT2D eigenvalue weighted by molar-refractivity contribution is 5.80. The Balaban J connectivity index is 2.35. The first-order valence-corrected chi connectivity index (χ1v) is 6.31. The van der Waals surface area contributed by atoms with Crippen molar-refractivity contribution in [2.45, 2.75) is 31.8 Å². The summed E-state index contributed by atoms with van der Waals surface area (Å²) < 4.78 is 9.69. The van der Waals surface area contributed by atoms with Crippen molar-refractivity contribution in [3.05, 3.63) is 35.9 Å². The number of methoxy groups -OCH3 is 2. The molecule has 0 fully saturated rings. The van der Waals surface area contributed by atoms with Gasteiger partial charge in [0.2, 0.25) is 0 Å². The van der Waals surface area contributed by atoms with Crippen molar-refractivity contribution in [2.75, 3.05) is 14.2 Å². The Morgan fingerprint density at radius 3 is 2.37 bits per heavy atom. The molecule has 0 radical (unpaired) electrons. The highest BCUT2D eigenvalue weighted by Gasteiger charge is 2.17. The molecule has 1 rings (SSSR count). The molecule has 0 aliphatic heterocycles. The summed E-state index contributed by atoms with van der Waals surface area (Å²) in [7, 11) is 2.82. The van der Waals surface area contributed by atoms with E-state index in [0.29, 0.717) is 12.8 Å². The Labute approximate surface area is 113 Å². The molecule has 104 valence electrons. The van der Waals surface area contributed by atoms with Crippen molar-refractivity contribution in [1.29, 1.82) is 0 Å². The second kappa shape index (κ2) is 8.43. The molecule has 4 heteroatoms. The summed E-state index contributed by atoms with van der Waals surface area (Å²) in [6.45, 7) is 0. The van der Waals surface area contributed by atoms with Crippen molar-refractivity contribution in [3.63, 3.8) is 0 Å². The maximum absolute atomic E-state index is 11.8. The van der Waals surface area contributed by atoms with E-state index in [1.165, 1.54) is 14.2 Å². The molecule has 1 atom stereocenters. The average Bonchev–Trinajstić information content (AvgIpc) is 2.45. The fraction of sp³-hybridized carbons (Fsp3) is 0.467. The molecular formula is C15H20O4. The zero-order valence-corrected chi connectivity index (χ0v) is 11.4. The number of Topliss-reactive ketones (excluding diaryl/α,β-unsaturated/α-hetero) is 1. The molecule has 1 unspecified atom stereocenters. The predicted octanol–water partition coefficient (Wildman–Crippen LogP) is 2.16. The summed E-state index contributed by atoms with van der Waals surface area (Å²) in [6, 6.07) is 9.84. The lowest BCUT2D eigenvalue weighted by atomic mass is 10.0. The molecule has 0 aromatic heterocycles. The van der Waals surface area contributed by atoms with Gasteiger partial charge in [-0.2, -0.15) is 0 Å². The maximum Gasteiger partial charge on any atom is 0.308 e. The van der Waals surface area contributed by atoms with Gasteiger partial charge in [-0.25, -0.2) is 0 Å². The number of hydrogen-bond acceptors (Lipinski definition) is 4. The first-order valence-electron chi connectivity index (χ1n) is 6.31. The number of carbonyl (C=O) groups is 2. The summed E-state index contributed by atoms with van der Waals surface area (Å²) in [4.78, 5) is 23.0. The van der Waals surface area contributed by atoms with Gasteiger partial charge in [-0.3, -0.25) is 9.59 Å². The van der Waals surface area contributed by atoms with Crippen LogP contribution in [0.3, 0.4) is 0 Å². The van der Waals surface area contributed by atoms with Crippen molar-refractivity contribution >= 4 is 11.8 Å². The van der Waals surface area contributed by atoms with Gasteiger partial charge < -0.3 is 9.47 Å². The van der Waals surface area contributed by atoms with Gasteiger partial charge in [-0.15, -0.1) is 0 Å². The first kappa shape index (κ1) is 15.4. The highest BCUT2D eigenvalue weighted by Crippen LogP contribution is 2.09. The van der Waals surface area contributed by atoms with Gasteiger partial charge in [0.15, 0.2) is 0 Å². The Bertz CT molecular complexity index is 400. The van der Waals surface area contributed by atoms with E-state index in [2.05, 4.69) is 4.74 Å². The fourth-order valence-electron chi connectivity index (χ4n) is 1.79. The number of rotatable bonds is 8. The van der Waals surface area contributed by atoms with Crippen LogP contribution in [0.5, 0.6) is 0 Å². The van der Waals surface area contributed by atoms with Crippen LogP contribution in [0.15, 0.2) is 30.3 Å². The molecule has 0 saturated carbocycles. The lowest BCUT2D eigenvalue weighted by Gasteiger charge is -2.13. The van der Waals surface area contributed by atoms with Crippen molar-refractivity contribution < 1.29 is 19.1 Å². The minimum atomic E-state index is -0.393. The zero-order valence-electron chi connectivity index (χ0n) is 11.4. The van der Waals surface area contributed by atoms with Crippen LogP contribution in [-0.2, 0) is 25.5 Å². The smallest absolute Gasteiger partial charge is 0.308 e. The van der Waals surface area contributed by atoms with Crippen molar-refractivity contribution in [2.24, 2.45) is 0 Å². The van der Waals surface area contributed by atoms with E-state index < -0.39 is 6.10 Å². The highest BCUT2D eigenvalue weighted by atomic mass is 16.5. The number of benzene rings is 1. The topological polar surface area (TPSA) is 52.6 Å². The Morgan fingerprint density at radius 1 is 1.11 bits per heavy atom. The van der Waals surface area contributed by atoms with E-state index in [0.717, 1.165) is 5.56 Å². The Kier molecular flexibility index (Phi) is 6.82. The minimum Gasteiger partial charge on any atom is -0.469 e. The van der Waals surface area contributed by atoms with Crippen molar-refractivity contribution in [3.8, 4) is 0 Å². The standard InChI is InChI=1S/C15H20O4/c1-18-14(11-15(17)19-2)10-13(16)9-8-12-6-4-3-5-7-12/h3-7,14H,8-11H2,1-2H3. The number of carbonyl (C=O) groups excluding carboxylic acids is 2. The lowest BCUT2D eigenvalue weighted by molar-refractivity contribution is -0.143. The van der Waals surface area contributed by atoms with E-state index in [4.69, 9.17) is 4.74 Å². The number of hydrogen-bond donors (Lipinski definition) is 0. The zero-order chi connectivity index (χ0) is 14.1. The third-order valence-electron chi connectivity index (χ3n) is 2.95. The van der Waals surface area contributed by atoms with Crippen LogP contribution in [0.1, 0.15) is 24.8 Å². The second-order valence-corrected chi connectivity index (χ2v) is 4.37. The first-order chi connectivity index (χ1) is 9.15. The minimum absolute atomic E-state index is 0.0969. The largest absolute Gasteiger partial charge is 0.469 e. The molecule has 0 aliphatic rings. The molecule has 0 saturated heterocycles. The number of ketones is 1. The number of aryl methyl sites for hydroxylation is 1. The molecule has 0 aliphatic carbocycles. The summed E-state index contributed by atoms with van der Waals surface area (Å²) in [6.07, 6.45) is 1.15. The fourth-order valence-corrected chi connectivity index (χ4v) is 1.79. The quantitative estimate of drug-likeness (QED) is 0.675. The van der Waals surface area contributed by atoms with Gasteiger partial charge in [0.1, 0.15) is 5.78 Å². The van der Waals surface area contributed by atoms with E-state index in [1.807, 2.05) is 30.3 Å². The number of ether oxygens (including phenoxy) is 2. The van der Waals surface area contributed by atoms with Gasteiger partial charge in [0.05, 0.1) is 19.6 Å². The third kappa shape index (κ3) is 6.15. The maximum atomic E-state index is 11.8. The summed E-state index contributed by atoms with van der Waals surface area (Å²) in [5.74, 6) is -0.262. The molecule has 0 bridgehead atoms. The number of esters is 1. The van der Waals surface area contributed by atoms with Crippen molar-refractivity contribution in [1.82, 2.24) is 0 Å².